The van der Waals surface area contributed by atoms with E-state index in [-0.39, 0.29) is 0 Å². The van der Waals surface area contributed by atoms with Gasteiger partial charge in [-0.2, -0.15) is 5.10 Å². The number of halogens is 1. The molecule has 1 aromatic heterocycles. The van der Waals surface area contributed by atoms with Gasteiger partial charge in [-0.25, -0.2) is 0 Å². The van der Waals surface area contributed by atoms with E-state index in [1.165, 1.54) is 6.21 Å². The maximum absolute atomic E-state index is 5.87. The Morgan fingerprint density at radius 1 is 1.54 bits per heavy atom. The standard InChI is InChI=1S/C8H9ClN4/c1-6-2-7(9)8(11-3-6)4-12-13-5-10/h2-5H,1H3,(H2,10,13). The molecule has 0 aliphatic carbocycles. The summed E-state index contributed by atoms with van der Waals surface area (Å²) in [4.78, 5) is 4.05. The average molecular weight is 197 g/mol. The Labute approximate surface area is 81.1 Å². The molecule has 2 N–H and O–H groups in total. The van der Waals surface area contributed by atoms with Crippen LogP contribution in [-0.2, 0) is 0 Å². The Bertz CT molecular complexity index is 346. The smallest absolute Gasteiger partial charge is 0.108 e. The number of nitrogens with zero attached hydrogens (tertiary/aromatic N) is 3. The Hall–Kier alpha value is -1.42. The molecule has 1 rings (SSSR count). The Balaban J connectivity index is 2.89. The zero-order chi connectivity index (χ0) is 9.68. The van der Waals surface area contributed by atoms with Crippen LogP contribution in [0.25, 0.3) is 0 Å². The first-order valence-corrected chi connectivity index (χ1v) is 4.00. The molecule has 0 spiro atoms. The van der Waals surface area contributed by atoms with Crippen molar-refractivity contribution in [3.8, 4) is 0 Å². The molecule has 4 nitrogen and oxygen atoms in total. The fourth-order valence-electron chi connectivity index (χ4n) is 0.766. The van der Waals surface area contributed by atoms with E-state index in [2.05, 4.69) is 15.2 Å². The van der Waals surface area contributed by atoms with Gasteiger partial charge in [0, 0.05) is 6.20 Å². The molecule has 0 amide bonds. The molecule has 0 radical (unpaired) electrons. The molecule has 0 fully saturated rings. The number of hydrogen-bond donors (Lipinski definition) is 1. The summed E-state index contributed by atoms with van der Waals surface area (Å²) in [6.45, 7) is 1.91. The van der Waals surface area contributed by atoms with Crippen molar-refractivity contribution in [2.75, 3.05) is 0 Å². The van der Waals surface area contributed by atoms with Crippen molar-refractivity contribution < 1.29 is 0 Å². The number of aryl methyl sites for hydroxylation is 1. The van der Waals surface area contributed by atoms with Crippen molar-refractivity contribution in [2.24, 2.45) is 15.9 Å². The van der Waals surface area contributed by atoms with Crippen LogP contribution in [0.5, 0.6) is 0 Å². The molecule has 0 atom stereocenters. The first-order chi connectivity index (χ1) is 6.24. The zero-order valence-corrected chi connectivity index (χ0v) is 7.86. The fraction of sp³-hybridized carbons (Fsp3) is 0.125. The van der Waals surface area contributed by atoms with Gasteiger partial charge in [-0.05, 0) is 18.6 Å². The van der Waals surface area contributed by atoms with Crippen LogP contribution in [-0.4, -0.2) is 17.5 Å². The van der Waals surface area contributed by atoms with Gasteiger partial charge in [0.2, 0.25) is 0 Å². The van der Waals surface area contributed by atoms with E-state index >= 15 is 0 Å². The van der Waals surface area contributed by atoms with E-state index in [4.69, 9.17) is 17.3 Å². The summed E-state index contributed by atoms with van der Waals surface area (Å²) in [6, 6.07) is 1.81. The predicted octanol–water partition coefficient (Wildman–Crippen LogP) is 1.36. The van der Waals surface area contributed by atoms with Crippen LogP contribution in [0, 0.1) is 6.92 Å². The SMILES string of the molecule is Cc1cnc(C=N/N=C\N)c(Cl)c1. The molecule has 13 heavy (non-hydrogen) atoms. The van der Waals surface area contributed by atoms with Crippen molar-refractivity contribution in [1.29, 1.82) is 0 Å². The number of aromatic nitrogens is 1. The number of hydrogen-bond acceptors (Lipinski definition) is 3. The molecule has 0 unspecified atom stereocenters. The van der Waals surface area contributed by atoms with Crippen LogP contribution in [0.4, 0.5) is 0 Å². The van der Waals surface area contributed by atoms with E-state index in [9.17, 15) is 0 Å². The maximum Gasteiger partial charge on any atom is 0.108 e. The normalized spacial score (nSPS) is 11.5. The molecule has 5 heteroatoms. The molecule has 0 saturated heterocycles. The summed E-state index contributed by atoms with van der Waals surface area (Å²) in [5.41, 5.74) is 6.58. The third-order valence-corrected chi connectivity index (χ3v) is 1.62. The highest BCUT2D eigenvalue weighted by Crippen LogP contribution is 2.12. The van der Waals surface area contributed by atoms with Gasteiger partial charge in [-0.3, -0.25) is 4.98 Å². The lowest BCUT2D eigenvalue weighted by atomic mass is 10.3. The zero-order valence-electron chi connectivity index (χ0n) is 7.11. The van der Waals surface area contributed by atoms with E-state index in [1.807, 2.05) is 13.0 Å². The Kier molecular flexibility index (Phi) is 3.40. The average Bonchev–Trinajstić information content (AvgIpc) is 2.09. The summed E-state index contributed by atoms with van der Waals surface area (Å²) in [5.74, 6) is 0. The topological polar surface area (TPSA) is 63.6 Å². The lowest BCUT2D eigenvalue weighted by molar-refractivity contribution is 1.21. The molecule has 0 saturated carbocycles. The van der Waals surface area contributed by atoms with Crippen molar-refractivity contribution in [3.05, 3.63) is 28.5 Å². The van der Waals surface area contributed by atoms with Crippen LogP contribution >= 0.6 is 11.6 Å². The quantitative estimate of drug-likeness (QED) is 0.441. The summed E-state index contributed by atoms with van der Waals surface area (Å²) in [7, 11) is 0. The first-order valence-electron chi connectivity index (χ1n) is 3.63. The highest BCUT2D eigenvalue weighted by atomic mass is 35.5. The molecule has 0 aliphatic rings. The second-order valence-electron chi connectivity index (χ2n) is 2.39. The van der Waals surface area contributed by atoms with Gasteiger partial charge in [0.15, 0.2) is 0 Å². The van der Waals surface area contributed by atoms with Gasteiger partial charge >= 0.3 is 0 Å². The highest BCUT2D eigenvalue weighted by Gasteiger charge is 1.97. The lowest BCUT2D eigenvalue weighted by Crippen LogP contribution is -1.90. The molecule has 0 aliphatic heterocycles. The van der Waals surface area contributed by atoms with Crippen LogP contribution < -0.4 is 5.73 Å². The van der Waals surface area contributed by atoms with Gasteiger partial charge in [-0.15, -0.1) is 5.10 Å². The minimum absolute atomic E-state index is 0.552. The maximum atomic E-state index is 5.87. The van der Waals surface area contributed by atoms with E-state index in [0.29, 0.717) is 10.7 Å². The molecular formula is C8H9ClN4. The van der Waals surface area contributed by atoms with Crippen molar-refractivity contribution in [1.82, 2.24) is 4.98 Å². The van der Waals surface area contributed by atoms with E-state index < -0.39 is 0 Å². The van der Waals surface area contributed by atoms with Crippen LogP contribution in [0.15, 0.2) is 22.5 Å². The third kappa shape index (κ3) is 2.83. The number of nitrogens with two attached hydrogens (primary N) is 1. The number of pyridine rings is 1. The van der Waals surface area contributed by atoms with Crippen LogP contribution in [0.3, 0.4) is 0 Å². The predicted molar refractivity (Wildman–Crippen MR) is 54.3 cm³/mol. The van der Waals surface area contributed by atoms with Crippen molar-refractivity contribution in [3.63, 3.8) is 0 Å². The Morgan fingerprint density at radius 2 is 2.31 bits per heavy atom. The van der Waals surface area contributed by atoms with Gasteiger partial charge in [0.05, 0.1) is 11.2 Å². The van der Waals surface area contributed by atoms with E-state index in [1.54, 1.807) is 6.20 Å². The Morgan fingerprint density at radius 3 is 2.92 bits per heavy atom. The van der Waals surface area contributed by atoms with Crippen molar-refractivity contribution in [2.45, 2.75) is 6.92 Å². The lowest BCUT2D eigenvalue weighted by Gasteiger charge is -1.96. The fourth-order valence-corrected chi connectivity index (χ4v) is 1.04. The van der Waals surface area contributed by atoms with Gasteiger partial charge < -0.3 is 5.73 Å². The summed E-state index contributed by atoms with van der Waals surface area (Å²) < 4.78 is 0. The molecular weight excluding hydrogens is 188 g/mol. The van der Waals surface area contributed by atoms with Crippen molar-refractivity contribution >= 4 is 24.2 Å². The molecule has 68 valence electrons. The second-order valence-corrected chi connectivity index (χ2v) is 2.80. The summed E-state index contributed by atoms with van der Waals surface area (Å²) in [6.07, 6.45) is 4.25. The monoisotopic (exact) mass is 196 g/mol. The summed E-state index contributed by atoms with van der Waals surface area (Å²) in [5, 5.41) is 7.63. The van der Waals surface area contributed by atoms with Crippen LogP contribution in [0.2, 0.25) is 5.02 Å². The second kappa shape index (κ2) is 4.57. The molecule has 0 aromatic carbocycles. The van der Waals surface area contributed by atoms with Crippen LogP contribution in [0.1, 0.15) is 11.3 Å². The minimum Gasteiger partial charge on any atom is -0.388 e. The van der Waals surface area contributed by atoms with Gasteiger partial charge in [0.1, 0.15) is 12.0 Å². The minimum atomic E-state index is 0.552. The first kappa shape index (κ1) is 9.67. The van der Waals surface area contributed by atoms with Gasteiger partial charge in [-0.1, -0.05) is 11.6 Å². The molecule has 1 heterocycles. The highest BCUT2D eigenvalue weighted by molar-refractivity contribution is 6.32. The number of rotatable bonds is 2. The molecule has 0 bridgehead atoms. The molecule has 1 aromatic rings. The van der Waals surface area contributed by atoms with E-state index in [0.717, 1.165) is 11.9 Å². The third-order valence-electron chi connectivity index (χ3n) is 1.32. The summed E-state index contributed by atoms with van der Waals surface area (Å²) >= 11 is 5.87. The van der Waals surface area contributed by atoms with Gasteiger partial charge in [0.25, 0.3) is 0 Å². The largest absolute Gasteiger partial charge is 0.388 e.